The second-order valence-corrected chi connectivity index (χ2v) is 4.00. The molecule has 2 aromatic rings. The number of rotatable bonds is 3. The van der Waals surface area contributed by atoms with E-state index in [1.54, 1.807) is 25.4 Å². The lowest BCUT2D eigenvalue weighted by Crippen LogP contribution is -1.95. The molecule has 0 aliphatic rings. The van der Waals surface area contributed by atoms with Gasteiger partial charge in [0.15, 0.2) is 5.82 Å². The first kappa shape index (κ1) is 12.0. The third-order valence-electron chi connectivity index (χ3n) is 2.03. The van der Waals surface area contributed by atoms with Crippen LogP contribution in [-0.4, -0.2) is 17.1 Å². The van der Waals surface area contributed by atoms with Gasteiger partial charge in [0.1, 0.15) is 10.9 Å². The first-order valence-corrected chi connectivity index (χ1v) is 5.53. The Morgan fingerprint density at radius 3 is 2.71 bits per heavy atom. The molecular formula is C11H9Cl2N3O. The monoisotopic (exact) mass is 269 g/mol. The third kappa shape index (κ3) is 2.99. The lowest BCUT2D eigenvalue weighted by molar-refractivity contribution is 0.415. The van der Waals surface area contributed by atoms with Gasteiger partial charge < -0.3 is 10.1 Å². The van der Waals surface area contributed by atoms with Crippen molar-refractivity contribution < 1.29 is 4.74 Å². The lowest BCUT2D eigenvalue weighted by atomic mass is 10.3. The van der Waals surface area contributed by atoms with Crippen molar-refractivity contribution in [2.75, 3.05) is 12.4 Å². The average molecular weight is 270 g/mol. The topological polar surface area (TPSA) is 47.0 Å². The van der Waals surface area contributed by atoms with Crippen LogP contribution in [0.25, 0.3) is 0 Å². The minimum absolute atomic E-state index is 0.328. The molecule has 0 aliphatic heterocycles. The molecule has 0 fully saturated rings. The number of aromatic nitrogens is 2. The minimum atomic E-state index is 0.328. The van der Waals surface area contributed by atoms with Crippen molar-refractivity contribution in [1.29, 1.82) is 0 Å². The molecule has 1 N–H and O–H groups in total. The fraction of sp³-hybridized carbons (Fsp3) is 0.0909. The Morgan fingerprint density at radius 1 is 1.24 bits per heavy atom. The summed E-state index contributed by atoms with van der Waals surface area (Å²) in [5.74, 6) is 1.17. The van der Waals surface area contributed by atoms with Crippen LogP contribution in [0.3, 0.4) is 0 Å². The maximum atomic E-state index is 6.00. The summed E-state index contributed by atoms with van der Waals surface area (Å²) in [6, 6.07) is 5.33. The predicted octanol–water partition coefficient (Wildman–Crippen LogP) is 3.54. The molecule has 17 heavy (non-hydrogen) atoms. The molecule has 1 heterocycles. The van der Waals surface area contributed by atoms with Crippen LogP contribution in [0.2, 0.25) is 10.2 Å². The summed E-state index contributed by atoms with van der Waals surface area (Å²) in [5.41, 5.74) is 0.785. The maximum Gasteiger partial charge on any atom is 0.150 e. The zero-order valence-electron chi connectivity index (χ0n) is 8.95. The van der Waals surface area contributed by atoms with Crippen molar-refractivity contribution in [3.05, 3.63) is 40.8 Å². The van der Waals surface area contributed by atoms with E-state index in [2.05, 4.69) is 15.3 Å². The van der Waals surface area contributed by atoms with Crippen molar-refractivity contribution in [2.45, 2.75) is 0 Å². The highest BCUT2D eigenvalue weighted by Gasteiger charge is 2.03. The zero-order chi connectivity index (χ0) is 12.3. The van der Waals surface area contributed by atoms with E-state index in [4.69, 9.17) is 27.9 Å². The smallest absolute Gasteiger partial charge is 0.150 e. The first-order chi connectivity index (χ1) is 8.19. The van der Waals surface area contributed by atoms with Crippen LogP contribution < -0.4 is 10.1 Å². The summed E-state index contributed by atoms with van der Waals surface area (Å²) in [4.78, 5) is 7.98. The summed E-state index contributed by atoms with van der Waals surface area (Å²) in [7, 11) is 1.57. The fourth-order valence-electron chi connectivity index (χ4n) is 1.29. The third-order valence-corrected chi connectivity index (χ3v) is 2.51. The van der Waals surface area contributed by atoms with E-state index in [1.165, 1.54) is 6.20 Å². The Morgan fingerprint density at radius 2 is 2.06 bits per heavy atom. The van der Waals surface area contributed by atoms with Crippen LogP contribution >= 0.6 is 23.2 Å². The van der Waals surface area contributed by atoms with Gasteiger partial charge in [-0.2, -0.15) is 0 Å². The molecule has 0 spiro atoms. The molecule has 0 bridgehead atoms. The number of methoxy groups -OCH3 is 1. The van der Waals surface area contributed by atoms with Gasteiger partial charge in [-0.1, -0.05) is 23.2 Å². The number of hydrogen-bond donors (Lipinski definition) is 1. The Balaban J connectivity index is 2.22. The van der Waals surface area contributed by atoms with E-state index in [1.807, 2.05) is 6.07 Å². The van der Waals surface area contributed by atoms with Gasteiger partial charge in [0, 0.05) is 5.69 Å². The van der Waals surface area contributed by atoms with Gasteiger partial charge in [0.05, 0.1) is 24.5 Å². The van der Waals surface area contributed by atoms with Crippen LogP contribution in [0.15, 0.2) is 30.6 Å². The summed E-state index contributed by atoms with van der Waals surface area (Å²) >= 11 is 11.7. The van der Waals surface area contributed by atoms with Gasteiger partial charge in [-0.3, -0.25) is 4.98 Å². The van der Waals surface area contributed by atoms with Gasteiger partial charge in [0.2, 0.25) is 0 Å². The van der Waals surface area contributed by atoms with Gasteiger partial charge in [-0.05, 0) is 18.2 Å². The van der Waals surface area contributed by atoms with Crippen molar-refractivity contribution in [2.24, 2.45) is 0 Å². The van der Waals surface area contributed by atoms with Crippen molar-refractivity contribution >= 4 is 34.7 Å². The van der Waals surface area contributed by atoms with Crippen LogP contribution in [0.5, 0.6) is 5.75 Å². The van der Waals surface area contributed by atoms with E-state index < -0.39 is 0 Å². The van der Waals surface area contributed by atoms with Gasteiger partial charge in [-0.25, -0.2) is 4.98 Å². The Bertz CT molecular complexity index is 534. The van der Waals surface area contributed by atoms with E-state index in [-0.39, 0.29) is 0 Å². The van der Waals surface area contributed by atoms with Crippen molar-refractivity contribution in [1.82, 2.24) is 9.97 Å². The molecule has 1 aromatic heterocycles. The molecule has 0 amide bonds. The predicted molar refractivity (Wildman–Crippen MR) is 68.3 cm³/mol. The Hall–Kier alpha value is -1.52. The average Bonchev–Trinajstić information content (AvgIpc) is 2.29. The normalized spacial score (nSPS) is 10.1. The van der Waals surface area contributed by atoms with Crippen LogP contribution in [0.1, 0.15) is 0 Å². The largest absolute Gasteiger partial charge is 0.495 e. The summed E-state index contributed by atoms with van der Waals surface area (Å²) in [6.45, 7) is 0. The highest BCUT2D eigenvalue weighted by molar-refractivity contribution is 6.32. The van der Waals surface area contributed by atoms with Crippen LogP contribution in [0.4, 0.5) is 11.5 Å². The molecule has 88 valence electrons. The van der Waals surface area contributed by atoms with Gasteiger partial charge in [0.25, 0.3) is 0 Å². The first-order valence-electron chi connectivity index (χ1n) is 4.77. The van der Waals surface area contributed by atoms with Crippen molar-refractivity contribution in [3.8, 4) is 5.75 Å². The molecule has 0 radical (unpaired) electrons. The Labute approximate surface area is 109 Å². The second kappa shape index (κ2) is 5.21. The Kier molecular flexibility index (Phi) is 3.66. The van der Waals surface area contributed by atoms with Crippen LogP contribution in [-0.2, 0) is 0 Å². The standard InChI is InChI=1S/C11H9Cl2N3O/c1-17-9-3-2-7(4-8(9)12)15-11-6-14-5-10(13)16-11/h2-6H,1H3,(H,15,16). The fourth-order valence-corrected chi connectivity index (χ4v) is 1.70. The number of anilines is 2. The zero-order valence-corrected chi connectivity index (χ0v) is 10.5. The van der Waals surface area contributed by atoms with E-state index in [0.717, 1.165) is 5.69 Å². The molecule has 0 saturated heterocycles. The molecule has 2 rings (SSSR count). The molecule has 0 aliphatic carbocycles. The quantitative estimate of drug-likeness (QED) is 0.926. The number of halogens is 2. The second-order valence-electron chi connectivity index (χ2n) is 3.20. The minimum Gasteiger partial charge on any atom is -0.495 e. The van der Waals surface area contributed by atoms with E-state index >= 15 is 0 Å². The molecular weight excluding hydrogens is 261 g/mol. The lowest BCUT2D eigenvalue weighted by Gasteiger charge is -2.08. The number of benzene rings is 1. The maximum absolute atomic E-state index is 6.00. The SMILES string of the molecule is COc1ccc(Nc2cncc(Cl)n2)cc1Cl. The molecule has 4 nitrogen and oxygen atoms in total. The highest BCUT2D eigenvalue weighted by atomic mass is 35.5. The molecule has 6 heteroatoms. The molecule has 0 unspecified atom stereocenters. The molecule has 1 aromatic carbocycles. The number of nitrogens with zero attached hydrogens (tertiary/aromatic N) is 2. The molecule has 0 saturated carbocycles. The van der Waals surface area contributed by atoms with E-state index in [0.29, 0.717) is 21.7 Å². The molecule has 0 atom stereocenters. The van der Waals surface area contributed by atoms with Gasteiger partial charge >= 0.3 is 0 Å². The summed E-state index contributed by atoms with van der Waals surface area (Å²) < 4.78 is 5.06. The number of nitrogens with one attached hydrogen (secondary N) is 1. The summed E-state index contributed by atoms with van der Waals surface area (Å²) in [6.07, 6.45) is 3.04. The number of hydrogen-bond acceptors (Lipinski definition) is 4. The highest BCUT2D eigenvalue weighted by Crippen LogP contribution is 2.28. The van der Waals surface area contributed by atoms with E-state index in [9.17, 15) is 0 Å². The van der Waals surface area contributed by atoms with Crippen molar-refractivity contribution in [3.63, 3.8) is 0 Å². The van der Waals surface area contributed by atoms with Crippen LogP contribution in [0, 0.1) is 0 Å². The summed E-state index contributed by atoms with van der Waals surface area (Å²) in [5, 5.41) is 3.89. The number of ether oxygens (including phenoxy) is 1. The van der Waals surface area contributed by atoms with Gasteiger partial charge in [-0.15, -0.1) is 0 Å².